The Labute approximate surface area is 180 Å². The van der Waals surface area contributed by atoms with Gasteiger partial charge in [0.05, 0.1) is 17.7 Å². The van der Waals surface area contributed by atoms with E-state index in [9.17, 15) is 14.4 Å². The van der Waals surface area contributed by atoms with Crippen molar-refractivity contribution in [2.75, 3.05) is 0 Å². The van der Waals surface area contributed by atoms with Crippen molar-refractivity contribution in [2.45, 2.75) is 32.0 Å². The Bertz CT molecular complexity index is 1140. The van der Waals surface area contributed by atoms with Gasteiger partial charge < -0.3 is 4.90 Å². The van der Waals surface area contributed by atoms with Gasteiger partial charge in [0, 0.05) is 30.5 Å². The molecule has 0 spiro atoms. The molecule has 154 valence electrons. The van der Waals surface area contributed by atoms with Crippen molar-refractivity contribution in [2.24, 2.45) is 0 Å². The number of pyridine rings is 1. The quantitative estimate of drug-likeness (QED) is 0.580. The van der Waals surface area contributed by atoms with E-state index in [1.165, 1.54) is 4.90 Å². The van der Waals surface area contributed by atoms with Crippen LogP contribution in [0, 0.1) is 0 Å². The molecule has 6 heteroatoms. The van der Waals surface area contributed by atoms with Gasteiger partial charge in [-0.1, -0.05) is 30.3 Å². The SMILES string of the molecule is O=C1c2ccccc2C(=O)N1Cc1cccc(C(=O)N(Cc2cccnc2)C2CC2)c1. The average molecular weight is 411 g/mol. The molecule has 1 saturated carbocycles. The first kappa shape index (κ1) is 19.2. The maximum atomic E-state index is 13.3. The van der Waals surface area contributed by atoms with E-state index >= 15 is 0 Å². The van der Waals surface area contributed by atoms with Gasteiger partial charge in [0.1, 0.15) is 0 Å². The average Bonchev–Trinajstić information content (AvgIpc) is 3.62. The number of imide groups is 1. The summed E-state index contributed by atoms with van der Waals surface area (Å²) in [5.41, 5.74) is 3.15. The van der Waals surface area contributed by atoms with Crippen LogP contribution in [0.25, 0.3) is 0 Å². The van der Waals surface area contributed by atoms with Gasteiger partial charge in [0.25, 0.3) is 17.7 Å². The second-order valence-electron chi connectivity index (χ2n) is 7.97. The number of nitrogens with zero attached hydrogens (tertiary/aromatic N) is 3. The Morgan fingerprint density at radius 2 is 1.65 bits per heavy atom. The van der Waals surface area contributed by atoms with Gasteiger partial charge in [-0.2, -0.15) is 0 Å². The molecule has 3 amide bonds. The third-order valence-corrected chi connectivity index (χ3v) is 5.72. The maximum Gasteiger partial charge on any atom is 0.261 e. The predicted octanol–water partition coefficient (Wildman–Crippen LogP) is 3.68. The summed E-state index contributed by atoms with van der Waals surface area (Å²) >= 11 is 0. The van der Waals surface area contributed by atoms with Crippen LogP contribution in [-0.4, -0.2) is 38.5 Å². The van der Waals surface area contributed by atoms with Crippen LogP contribution in [0.3, 0.4) is 0 Å². The number of benzene rings is 2. The third-order valence-electron chi connectivity index (χ3n) is 5.72. The molecule has 1 fully saturated rings. The van der Waals surface area contributed by atoms with E-state index in [4.69, 9.17) is 0 Å². The summed E-state index contributed by atoms with van der Waals surface area (Å²) in [6, 6.07) is 18.1. The molecule has 0 radical (unpaired) electrons. The molecule has 31 heavy (non-hydrogen) atoms. The number of hydrogen-bond acceptors (Lipinski definition) is 4. The lowest BCUT2D eigenvalue weighted by Gasteiger charge is -2.23. The zero-order valence-corrected chi connectivity index (χ0v) is 16.9. The van der Waals surface area contributed by atoms with Crippen molar-refractivity contribution in [1.82, 2.24) is 14.8 Å². The van der Waals surface area contributed by atoms with Crippen LogP contribution in [0.15, 0.2) is 73.1 Å². The van der Waals surface area contributed by atoms with E-state index in [0.717, 1.165) is 24.0 Å². The number of hydrogen-bond donors (Lipinski definition) is 0. The Kier molecular flexibility index (Phi) is 4.82. The highest BCUT2D eigenvalue weighted by atomic mass is 16.2. The van der Waals surface area contributed by atoms with E-state index in [0.29, 0.717) is 23.2 Å². The minimum absolute atomic E-state index is 0.0458. The molecule has 2 aliphatic rings. The summed E-state index contributed by atoms with van der Waals surface area (Å²) < 4.78 is 0. The lowest BCUT2D eigenvalue weighted by atomic mass is 10.1. The van der Waals surface area contributed by atoms with Gasteiger partial charge in [-0.3, -0.25) is 24.3 Å². The highest BCUT2D eigenvalue weighted by Gasteiger charge is 2.36. The molecule has 1 aliphatic carbocycles. The summed E-state index contributed by atoms with van der Waals surface area (Å²) in [4.78, 5) is 45.9. The third kappa shape index (κ3) is 3.72. The van der Waals surface area contributed by atoms with Crippen molar-refractivity contribution >= 4 is 17.7 Å². The van der Waals surface area contributed by atoms with Crippen LogP contribution in [-0.2, 0) is 13.1 Å². The predicted molar refractivity (Wildman–Crippen MR) is 114 cm³/mol. The Hall–Kier alpha value is -3.80. The minimum Gasteiger partial charge on any atom is -0.331 e. The molecule has 3 aromatic rings. The van der Waals surface area contributed by atoms with Crippen LogP contribution in [0.5, 0.6) is 0 Å². The Balaban J connectivity index is 1.36. The lowest BCUT2D eigenvalue weighted by molar-refractivity contribution is 0.0642. The van der Waals surface area contributed by atoms with Crippen LogP contribution in [0.4, 0.5) is 0 Å². The highest BCUT2D eigenvalue weighted by molar-refractivity contribution is 6.21. The molecule has 0 unspecified atom stereocenters. The Morgan fingerprint density at radius 3 is 2.29 bits per heavy atom. The number of fused-ring (bicyclic) bond motifs is 1. The summed E-state index contributed by atoms with van der Waals surface area (Å²) in [5, 5.41) is 0. The fraction of sp³-hybridized carbons (Fsp3) is 0.200. The molecule has 1 aliphatic heterocycles. The number of amides is 3. The molecule has 0 N–H and O–H groups in total. The largest absolute Gasteiger partial charge is 0.331 e. The van der Waals surface area contributed by atoms with E-state index in [-0.39, 0.29) is 30.3 Å². The van der Waals surface area contributed by atoms with Crippen LogP contribution >= 0.6 is 0 Å². The number of rotatable bonds is 6. The molecule has 2 aromatic carbocycles. The number of carbonyl (C=O) groups is 3. The molecular formula is C25H21N3O3. The van der Waals surface area contributed by atoms with Gasteiger partial charge in [-0.05, 0) is 54.3 Å². The second-order valence-corrected chi connectivity index (χ2v) is 7.97. The highest BCUT2D eigenvalue weighted by Crippen LogP contribution is 2.30. The van der Waals surface area contributed by atoms with Crippen LogP contribution in [0.1, 0.15) is 55.0 Å². The second kappa shape index (κ2) is 7.80. The minimum atomic E-state index is -0.298. The van der Waals surface area contributed by atoms with E-state index in [1.807, 2.05) is 23.1 Å². The first-order valence-electron chi connectivity index (χ1n) is 10.4. The van der Waals surface area contributed by atoms with Gasteiger partial charge in [0.15, 0.2) is 0 Å². The zero-order chi connectivity index (χ0) is 21.4. The van der Waals surface area contributed by atoms with Gasteiger partial charge >= 0.3 is 0 Å². The topological polar surface area (TPSA) is 70.6 Å². The van der Waals surface area contributed by atoms with Crippen molar-refractivity contribution in [1.29, 1.82) is 0 Å². The van der Waals surface area contributed by atoms with Crippen molar-refractivity contribution < 1.29 is 14.4 Å². The van der Waals surface area contributed by atoms with E-state index < -0.39 is 0 Å². The molecule has 5 rings (SSSR count). The smallest absolute Gasteiger partial charge is 0.261 e. The number of carbonyl (C=O) groups excluding carboxylic acids is 3. The zero-order valence-electron chi connectivity index (χ0n) is 16.9. The molecular weight excluding hydrogens is 390 g/mol. The molecule has 2 heterocycles. The fourth-order valence-corrected chi connectivity index (χ4v) is 3.98. The summed E-state index contributed by atoms with van der Waals surface area (Å²) in [5.74, 6) is -0.641. The van der Waals surface area contributed by atoms with Crippen molar-refractivity contribution in [3.05, 3.63) is 101 Å². The van der Waals surface area contributed by atoms with Crippen LogP contribution < -0.4 is 0 Å². The van der Waals surface area contributed by atoms with Gasteiger partial charge in [0.2, 0.25) is 0 Å². The summed E-state index contributed by atoms with van der Waals surface area (Å²) in [6.07, 6.45) is 5.50. The fourth-order valence-electron chi connectivity index (χ4n) is 3.98. The monoisotopic (exact) mass is 411 g/mol. The maximum absolute atomic E-state index is 13.3. The molecule has 1 aromatic heterocycles. The first-order chi connectivity index (χ1) is 15.1. The summed E-state index contributed by atoms with van der Waals surface area (Å²) in [7, 11) is 0. The van der Waals surface area contributed by atoms with E-state index in [2.05, 4.69) is 4.98 Å². The first-order valence-corrected chi connectivity index (χ1v) is 10.4. The van der Waals surface area contributed by atoms with Crippen molar-refractivity contribution in [3.63, 3.8) is 0 Å². The molecule has 6 nitrogen and oxygen atoms in total. The molecule has 0 atom stereocenters. The molecule has 0 saturated heterocycles. The van der Waals surface area contributed by atoms with Gasteiger partial charge in [-0.25, -0.2) is 0 Å². The molecule has 0 bridgehead atoms. The Morgan fingerprint density at radius 1 is 0.935 bits per heavy atom. The van der Waals surface area contributed by atoms with E-state index in [1.54, 1.807) is 54.9 Å². The van der Waals surface area contributed by atoms with Crippen LogP contribution in [0.2, 0.25) is 0 Å². The normalized spacial score (nSPS) is 15.2. The van der Waals surface area contributed by atoms with Crippen molar-refractivity contribution in [3.8, 4) is 0 Å². The van der Waals surface area contributed by atoms with Gasteiger partial charge in [-0.15, -0.1) is 0 Å². The summed E-state index contributed by atoms with van der Waals surface area (Å²) in [6.45, 7) is 0.652. The number of aromatic nitrogens is 1. The standard InChI is InChI=1S/C25H21N3O3/c29-23(27(20-10-11-20)16-18-6-4-12-26-14-18)19-7-3-5-17(13-19)15-28-24(30)21-8-1-2-9-22(21)25(28)31/h1-9,12-14,20H,10-11,15-16H2. The lowest BCUT2D eigenvalue weighted by Crippen LogP contribution is -2.33.